The van der Waals surface area contributed by atoms with E-state index in [1.165, 1.54) is 12.5 Å². The first-order chi connectivity index (χ1) is 8.16. The minimum Gasteiger partial charge on any atom is -0.467 e. The summed E-state index contributed by atoms with van der Waals surface area (Å²) in [5.74, 6) is 0.614. The number of aromatic amines is 1. The average molecular weight is 233 g/mol. The topological polar surface area (TPSA) is 88.0 Å². The Morgan fingerprint density at radius 2 is 2.41 bits per heavy atom. The molecule has 2 N–H and O–H groups in total. The van der Waals surface area contributed by atoms with Gasteiger partial charge in [0, 0.05) is 6.20 Å². The van der Waals surface area contributed by atoms with Crippen molar-refractivity contribution in [2.75, 3.05) is 0 Å². The number of aromatic nitrogens is 2. The summed E-state index contributed by atoms with van der Waals surface area (Å²) in [5, 5.41) is 2.57. The van der Waals surface area contributed by atoms with Crippen molar-refractivity contribution in [2.45, 2.75) is 13.5 Å². The number of rotatable bonds is 3. The summed E-state index contributed by atoms with van der Waals surface area (Å²) in [6, 6.07) is 3.46. The Hall–Kier alpha value is -2.37. The van der Waals surface area contributed by atoms with E-state index in [9.17, 15) is 9.59 Å². The summed E-state index contributed by atoms with van der Waals surface area (Å²) < 4.78 is 5.05. The third-order valence-corrected chi connectivity index (χ3v) is 2.17. The Kier molecular flexibility index (Phi) is 3.04. The summed E-state index contributed by atoms with van der Waals surface area (Å²) >= 11 is 0. The molecule has 0 saturated carbocycles. The highest BCUT2D eigenvalue weighted by atomic mass is 16.3. The van der Waals surface area contributed by atoms with Crippen molar-refractivity contribution in [2.24, 2.45) is 0 Å². The molecule has 0 radical (unpaired) electrons. The van der Waals surface area contributed by atoms with Crippen LogP contribution in [-0.4, -0.2) is 15.9 Å². The van der Waals surface area contributed by atoms with E-state index < -0.39 is 11.5 Å². The SMILES string of the molecule is Cc1ncc(C(=O)NCc2ccco2)c(=O)[nH]1. The second-order valence-corrected chi connectivity index (χ2v) is 3.47. The number of aryl methyl sites for hydroxylation is 1. The fourth-order valence-corrected chi connectivity index (χ4v) is 1.32. The zero-order chi connectivity index (χ0) is 12.3. The highest BCUT2D eigenvalue weighted by Crippen LogP contribution is 1.99. The second kappa shape index (κ2) is 4.65. The van der Waals surface area contributed by atoms with Crippen LogP contribution in [0.4, 0.5) is 0 Å². The van der Waals surface area contributed by atoms with Crippen LogP contribution in [0.1, 0.15) is 21.9 Å². The monoisotopic (exact) mass is 233 g/mol. The molecule has 17 heavy (non-hydrogen) atoms. The maximum Gasteiger partial charge on any atom is 0.263 e. The molecule has 0 fully saturated rings. The molecule has 0 aliphatic carbocycles. The maximum absolute atomic E-state index is 11.7. The van der Waals surface area contributed by atoms with E-state index >= 15 is 0 Å². The molecule has 6 heteroatoms. The van der Waals surface area contributed by atoms with Crippen molar-refractivity contribution in [3.8, 4) is 0 Å². The van der Waals surface area contributed by atoms with Crippen LogP contribution >= 0.6 is 0 Å². The largest absolute Gasteiger partial charge is 0.467 e. The van der Waals surface area contributed by atoms with E-state index in [1.54, 1.807) is 19.1 Å². The van der Waals surface area contributed by atoms with Crippen LogP contribution in [0, 0.1) is 6.92 Å². The van der Waals surface area contributed by atoms with E-state index in [2.05, 4.69) is 15.3 Å². The van der Waals surface area contributed by atoms with Crippen LogP contribution in [0.2, 0.25) is 0 Å². The average Bonchev–Trinajstić information content (AvgIpc) is 2.78. The molecule has 2 aromatic rings. The summed E-state index contributed by atoms with van der Waals surface area (Å²) in [6.07, 6.45) is 2.77. The van der Waals surface area contributed by atoms with Gasteiger partial charge < -0.3 is 14.7 Å². The van der Waals surface area contributed by atoms with E-state index in [-0.39, 0.29) is 12.1 Å². The molecule has 2 rings (SSSR count). The van der Waals surface area contributed by atoms with E-state index in [1.807, 2.05) is 0 Å². The van der Waals surface area contributed by atoms with Crippen molar-refractivity contribution >= 4 is 5.91 Å². The van der Waals surface area contributed by atoms with E-state index in [0.717, 1.165) is 0 Å². The molecule has 88 valence electrons. The third kappa shape index (κ3) is 2.60. The van der Waals surface area contributed by atoms with Crippen LogP contribution in [0.3, 0.4) is 0 Å². The first-order valence-electron chi connectivity index (χ1n) is 5.03. The van der Waals surface area contributed by atoms with Crippen molar-refractivity contribution in [1.29, 1.82) is 0 Å². The van der Waals surface area contributed by atoms with Gasteiger partial charge in [-0.1, -0.05) is 0 Å². The molecule has 2 aromatic heterocycles. The van der Waals surface area contributed by atoms with Crippen molar-refractivity contribution in [3.05, 3.63) is 52.1 Å². The predicted molar refractivity (Wildman–Crippen MR) is 59.5 cm³/mol. The number of hydrogen-bond acceptors (Lipinski definition) is 4. The molecular weight excluding hydrogens is 222 g/mol. The first kappa shape index (κ1) is 11.1. The van der Waals surface area contributed by atoms with Crippen LogP contribution in [0.25, 0.3) is 0 Å². The molecule has 1 amide bonds. The van der Waals surface area contributed by atoms with Gasteiger partial charge in [0.15, 0.2) is 0 Å². The van der Waals surface area contributed by atoms with E-state index in [0.29, 0.717) is 11.6 Å². The number of nitrogens with one attached hydrogen (secondary N) is 2. The summed E-state index contributed by atoms with van der Waals surface area (Å²) in [4.78, 5) is 29.5. The Labute approximate surface area is 96.7 Å². The lowest BCUT2D eigenvalue weighted by Gasteiger charge is -2.02. The lowest BCUT2D eigenvalue weighted by Crippen LogP contribution is -2.29. The molecule has 2 heterocycles. The molecule has 0 spiro atoms. The first-order valence-corrected chi connectivity index (χ1v) is 5.03. The smallest absolute Gasteiger partial charge is 0.263 e. The lowest BCUT2D eigenvalue weighted by molar-refractivity contribution is 0.0946. The minimum atomic E-state index is -0.477. The molecular formula is C11H11N3O3. The van der Waals surface area contributed by atoms with Crippen LogP contribution in [0.15, 0.2) is 33.8 Å². The van der Waals surface area contributed by atoms with Crippen LogP contribution < -0.4 is 10.9 Å². The van der Waals surface area contributed by atoms with Crippen molar-refractivity contribution in [1.82, 2.24) is 15.3 Å². The summed E-state index contributed by atoms with van der Waals surface area (Å²) in [6.45, 7) is 1.88. The molecule has 0 saturated heterocycles. The van der Waals surface area contributed by atoms with Crippen LogP contribution in [0.5, 0.6) is 0 Å². The fourth-order valence-electron chi connectivity index (χ4n) is 1.32. The highest BCUT2D eigenvalue weighted by molar-refractivity contribution is 5.93. The summed E-state index contributed by atoms with van der Waals surface area (Å²) in [7, 11) is 0. The molecule has 0 unspecified atom stereocenters. The Bertz CT molecular complexity index is 572. The van der Waals surface area contributed by atoms with Gasteiger partial charge in [-0.05, 0) is 19.1 Å². The van der Waals surface area contributed by atoms with Crippen molar-refractivity contribution in [3.63, 3.8) is 0 Å². The van der Waals surface area contributed by atoms with Gasteiger partial charge in [0.1, 0.15) is 17.1 Å². The number of carbonyl (C=O) groups excluding carboxylic acids is 1. The third-order valence-electron chi connectivity index (χ3n) is 2.17. The van der Waals surface area contributed by atoms with Gasteiger partial charge >= 0.3 is 0 Å². The van der Waals surface area contributed by atoms with Gasteiger partial charge in [-0.3, -0.25) is 9.59 Å². The van der Waals surface area contributed by atoms with Crippen LogP contribution in [-0.2, 0) is 6.54 Å². The maximum atomic E-state index is 11.7. The van der Waals surface area contributed by atoms with Gasteiger partial charge in [0.25, 0.3) is 11.5 Å². The Morgan fingerprint density at radius 3 is 3.06 bits per heavy atom. The number of H-pyrrole nitrogens is 1. The van der Waals surface area contributed by atoms with Gasteiger partial charge in [-0.2, -0.15) is 0 Å². The quantitative estimate of drug-likeness (QED) is 0.812. The number of amides is 1. The molecule has 6 nitrogen and oxygen atoms in total. The summed E-state index contributed by atoms with van der Waals surface area (Å²) in [5.41, 5.74) is -0.461. The molecule has 0 aromatic carbocycles. The van der Waals surface area contributed by atoms with Crippen molar-refractivity contribution < 1.29 is 9.21 Å². The predicted octanol–water partition coefficient (Wildman–Crippen LogP) is 0.601. The number of carbonyl (C=O) groups is 1. The fraction of sp³-hybridized carbons (Fsp3) is 0.182. The standard InChI is InChI=1S/C11H11N3O3/c1-7-12-6-9(11(16)14-7)10(15)13-5-8-3-2-4-17-8/h2-4,6H,5H2,1H3,(H,13,15)(H,12,14,16). The van der Waals surface area contributed by atoms with Gasteiger partial charge in [-0.15, -0.1) is 0 Å². The van der Waals surface area contributed by atoms with E-state index in [4.69, 9.17) is 4.42 Å². The zero-order valence-electron chi connectivity index (χ0n) is 9.19. The van der Waals surface area contributed by atoms with Gasteiger partial charge in [0.2, 0.25) is 0 Å². The molecule has 0 atom stereocenters. The van der Waals surface area contributed by atoms with Gasteiger partial charge in [0.05, 0.1) is 12.8 Å². The minimum absolute atomic E-state index is 0.0119. The Balaban J connectivity index is 2.07. The lowest BCUT2D eigenvalue weighted by atomic mass is 10.3. The number of hydrogen-bond donors (Lipinski definition) is 2. The number of nitrogens with zero attached hydrogens (tertiary/aromatic N) is 1. The second-order valence-electron chi connectivity index (χ2n) is 3.47. The molecule has 0 bridgehead atoms. The highest BCUT2D eigenvalue weighted by Gasteiger charge is 2.11. The zero-order valence-corrected chi connectivity index (χ0v) is 9.19. The number of furan rings is 1. The Morgan fingerprint density at radius 1 is 1.59 bits per heavy atom. The normalized spacial score (nSPS) is 10.2. The molecule has 0 aliphatic rings. The van der Waals surface area contributed by atoms with Gasteiger partial charge in [-0.25, -0.2) is 4.98 Å². The molecule has 0 aliphatic heterocycles.